The fourth-order valence-electron chi connectivity index (χ4n) is 2.29. The highest BCUT2D eigenvalue weighted by atomic mass is 16.5. The molecule has 1 saturated heterocycles. The van der Waals surface area contributed by atoms with E-state index in [9.17, 15) is 0 Å². The maximum atomic E-state index is 5.67. The van der Waals surface area contributed by atoms with Crippen molar-refractivity contribution >= 4 is 11.9 Å². The van der Waals surface area contributed by atoms with E-state index in [-0.39, 0.29) is 6.01 Å². The zero-order valence-corrected chi connectivity index (χ0v) is 11.7. The van der Waals surface area contributed by atoms with E-state index < -0.39 is 0 Å². The largest absolute Gasteiger partial charge is 0.424 e. The van der Waals surface area contributed by atoms with Gasteiger partial charge in [0.2, 0.25) is 11.9 Å². The van der Waals surface area contributed by atoms with E-state index in [4.69, 9.17) is 10.6 Å². The van der Waals surface area contributed by atoms with Crippen LogP contribution >= 0.6 is 0 Å². The Kier molecular flexibility index (Phi) is 4.11. The van der Waals surface area contributed by atoms with Crippen LogP contribution in [0.1, 0.15) is 19.3 Å². The van der Waals surface area contributed by atoms with Crippen LogP contribution < -0.4 is 20.9 Å². The van der Waals surface area contributed by atoms with Gasteiger partial charge in [0.25, 0.3) is 0 Å². The van der Waals surface area contributed by atoms with Crippen LogP contribution in [0.5, 0.6) is 11.8 Å². The molecule has 0 spiro atoms. The molecule has 1 aliphatic heterocycles. The van der Waals surface area contributed by atoms with Gasteiger partial charge < -0.3 is 9.64 Å². The highest BCUT2D eigenvalue weighted by Gasteiger charge is 2.16. The molecule has 1 aromatic carbocycles. The first-order valence-electron chi connectivity index (χ1n) is 7.06. The first-order valence-corrected chi connectivity index (χ1v) is 7.06. The maximum absolute atomic E-state index is 5.67. The van der Waals surface area contributed by atoms with Crippen LogP contribution in [0.25, 0.3) is 0 Å². The lowest BCUT2D eigenvalue weighted by atomic mass is 10.1. The number of ether oxygens (including phenoxy) is 1. The Morgan fingerprint density at radius 1 is 1.00 bits per heavy atom. The van der Waals surface area contributed by atoms with Gasteiger partial charge in [-0.05, 0) is 31.4 Å². The fourth-order valence-corrected chi connectivity index (χ4v) is 2.29. The van der Waals surface area contributed by atoms with Crippen molar-refractivity contribution in [3.63, 3.8) is 0 Å². The topological polar surface area (TPSA) is 89.2 Å². The van der Waals surface area contributed by atoms with Gasteiger partial charge in [-0.15, -0.1) is 0 Å². The Bertz CT molecular complexity index is 585. The number of nitrogens with two attached hydrogens (primary N) is 1. The average Bonchev–Trinajstić information content (AvgIpc) is 2.56. The molecular formula is C14H18N6O. The van der Waals surface area contributed by atoms with Gasteiger partial charge in [-0.2, -0.15) is 15.0 Å². The summed E-state index contributed by atoms with van der Waals surface area (Å²) >= 11 is 0. The minimum absolute atomic E-state index is 0.240. The second kappa shape index (κ2) is 6.36. The van der Waals surface area contributed by atoms with Crippen molar-refractivity contribution in [1.82, 2.24) is 15.0 Å². The lowest BCUT2D eigenvalue weighted by Crippen LogP contribution is -2.31. The monoisotopic (exact) mass is 286 g/mol. The Morgan fingerprint density at radius 2 is 1.76 bits per heavy atom. The van der Waals surface area contributed by atoms with E-state index in [1.165, 1.54) is 6.42 Å². The van der Waals surface area contributed by atoms with Gasteiger partial charge in [0.15, 0.2) is 0 Å². The van der Waals surface area contributed by atoms with Gasteiger partial charge in [0.05, 0.1) is 0 Å². The molecule has 1 fully saturated rings. The van der Waals surface area contributed by atoms with Crippen LogP contribution in [-0.4, -0.2) is 28.0 Å². The van der Waals surface area contributed by atoms with Crippen LogP contribution in [0.3, 0.4) is 0 Å². The Hall–Kier alpha value is -2.41. The first kappa shape index (κ1) is 13.6. The third-order valence-electron chi connectivity index (χ3n) is 3.32. The molecule has 3 rings (SSSR count). The van der Waals surface area contributed by atoms with Crippen molar-refractivity contribution < 1.29 is 4.74 Å². The van der Waals surface area contributed by atoms with E-state index in [0.29, 0.717) is 17.6 Å². The van der Waals surface area contributed by atoms with E-state index >= 15 is 0 Å². The molecule has 1 aliphatic rings. The molecule has 3 N–H and O–H groups in total. The van der Waals surface area contributed by atoms with Crippen molar-refractivity contribution in [2.24, 2.45) is 5.84 Å². The molecule has 1 aromatic heterocycles. The number of anilines is 2. The highest BCUT2D eigenvalue weighted by molar-refractivity contribution is 5.39. The Balaban J connectivity index is 1.85. The van der Waals surface area contributed by atoms with E-state index in [2.05, 4.69) is 25.3 Å². The lowest BCUT2D eigenvalue weighted by Gasteiger charge is -2.26. The van der Waals surface area contributed by atoms with Gasteiger partial charge in [0, 0.05) is 13.1 Å². The van der Waals surface area contributed by atoms with Gasteiger partial charge in [0.1, 0.15) is 5.75 Å². The van der Waals surface area contributed by atoms with Crippen LogP contribution in [0.4, 0.5) is 11.9 Å². The summed E-state index contributed by atoms with van der Waals surface area (Å²) in [5.74, 6) is 7.01. The molecule has 0 radical (unpaired) electrons. The molecule has 2 aromatic rings. The molecule has 0 aliphatic carbocycles. The number of hydrazine groups is 1. The number of rotatable bonds is 4. The summed E-state index contributed by atoms with van der Waals surface area (Å²) in [6.07, 6.45) is 3.54. The molecule has 7 nitrogen and oxygen atoms in total. The number of benzene rings is 1. The molecule has 0 saturated carbocycles. The fraction of sp³-hybridized carbons (Fsp3) is 0.357. The second-order valence-corrected chi connectivity index (χ2v) is 4.85. The number of nitrogens with one attached hydrogen (secondary N) is 1. The summed E-state index contributed by atoms with van der Waals surface area (Å²) in [5.41, 5.74) is 2.46. The SMILES string of the molecule is NNc1nc(Oc2ccccc2)nc(N2CCCCC2)n1. The quantitative estimate of drug-likeness (QED) is 0.655. The molecule has 0 amide bonds. The number of hydrogen-bond acceptors (Lipinski definition) is 7. The van der Waals surface area contributed by atoms with Crippen molar-refractivity contribution in [1.29, 1.82) is 0 Å². The number of nitrogens with zero attached hydrogens (tertiary/aromatic N) is 4. The molecule has 0 atom stereocenters. The highest BCUT2D eigenvalue weighted by Crippen LogP contribution is 2.22. The molecule has 7 heteroatoms. The summed E-state index contributed by atoms with van der Waals surface area (Å²) < 4.78 is 5.67. The predicted octanol–water partition coefficient (Wildman–Crippen LogP) is 1.94. The lowest BCUT2D eigenvalue weighted by molar-refractivity contribution is 0.438. The third kappa shape index (κ3) is 3.38. The molecule has 2 heterocycles. The van der Waals surface area contributed by atoms with E-state index in [1.54, 1.807) is 0 Å². The van der Waals surface area contributed by atoms with Crippen LogP contribution in [0.2, 0.25) is 0 Å². The van der Waals surface area contributed by atoms with Crippen molar-refractivity contribution in [3.05, 3.63) is 30.3 Å². The normalized spacial score (nSPS) is 14.8. The number of para-hydroxylation sites is 1. The van der Waals surface area contributed by atoms with Crippen LogP contribution in [0.15, 0.2) is 30.3 Å². The molecule has 110 valence electrons. The Morgan fingerprint density at radius 3 is 2.48 bits per heavy atom. The number of piperidine rings is 1. The van der Waals surface area contributed by atoms with Gasteiger partial charge in [-0.25, -0.2) is 5.84 Å². The summed E-state index contributed by atoms with van der Waals surface area (Å²) in [7, 11) is 0. The predicted molar refractivity (Wildman–Crippen MR) is 80.2 cm³/mol. The summed E-state index contributed by atoms with van der Waals surface area (Å²) in [4.78, 5) is 15.0. The van der Waals surface area contributed by atoms with Crippen molar-refractivity contribution in [2.75, 3.05) is 23.4 Å². The Labute approximate surface area is 123 Å². The molecule has 21 heavy (non-hydrogen) atoms. The smallest absolute Gasteiger partial charge is 0.328 e. The summed E-state index contributed by atoms with van der Waals surface area (Å²) in [5, 5.41) is 0. The van der Waals surface area contributed by atoms with Crippen molar-refractivity contribution in [2.45, 2.75) is 19.3 Å². The van der Waals surface area contributed by atoms with E-state index in [0.717, 1.165) is 25.9 Å². The second-order valence-electron chi connectivity index (χ2n) is 4.85. The molecule has 0 bridgehead atoms. The van der Waals surface area contributed by atoms with Gasteiger partial charge in [-0.1, -0.05) is 18.2 Å². The summed E-state index contributed by atoms with van der Waals surface area (Å²) in [6.45, 7) is 1.89. The molecule has 0 unspecified atom stereocenters. The zero-order chi connectivity index (χ0) is 14.5. The van der Waals surface area contributed by atoms with Crippen molar-refractivity contribution in [3.8, 4) is 11.8 Å². The van der Waals surface area contributed by atoms with Crippen LogP contribution in [-0.2, 0) is 0 Å². The van der Waals surface area contributed by atoms with Gasteiger partial charge >= 0.3 is 6.01 Å². The first-order chi connectivity index (χ1) is 10.3. The van der Waals surface area contributed by atoms with Gasteiger partial charge in [-0.3, -0.25) is 5.43 Å². The number of aromatic nitrogens is 3. The zero-order valence-electron chi connectivity index (χ0n) is 11.7. The average molecular weight is 286 g/mol. The standard InChI is InChI=1S/C14H18N6O/c15-19-12-16-13(20-9-5-2-6-10-20)18-14(17-12)21-11-7-3-1-4-8-11/h1,3-4,7-8H,2,5-6,9-10,15H2,(H,16,17,18,19). The van der Waals surface area contributed by atoms with Crippen LogP contribution in [0, 0.1) is 0 Å². The maximum Gasteiger partial charge on any atom is 0.328 e. The summed E-state index contributed by atoms with van der Waals surface area (Å²) in [6, 6.07) is 9.64. The third-order valence-corrected chi connectivity index (χ3v) is 3.32. The number of hydrogen-bond donors (Lipinski definition) is 2. The minimum Gasteiger partial charge on any atom is -0.424 e. The minimum atomic E-state index is 0.240. The van der Waals surface area contributed by atoms with E-state index in [1.807, 2.05) is 30.3 Å². The molecular weight excluding hydrogens is 268 g/mol. The number of nitrogen functional groups attached to an aromatic ring is 1.